The SMILES string of the molecule is CCNC(=NCC(C)(O)CN1CCOCC1)NCCNc1nc2ccccc2s1. The second-order valence-corrected chi connectivity index (χ2v) is 8.45. The van der Waals surface area contributed by atoms with Crippen LogP contribution < -0.4 is 16.0 Å². The van der Waals surface area contributed by atoms with Crippen LogP contribution in [0.4, 0.5) is 5.13 Å². The highest BCUT2D eigenvalue weighted by atomic mass is 32.1. The smallest absolute Gasteiger partial charge is 0.191 e. The quantitative estimate of drug-likeness (QED) is 0.276. The van der Waals surface area contributed by atoms with Crippen molar-refractivity contribution in [2.45, 2.75) is 19.4 Å². The molecule has 0 spiro atoms. The lowest BCUT2D eigenvalue weighted by Crippen LogP contribution is -2.48. The van der Waals surface area contributed by atoms with Gasteiger partial charge in [-0.15, -0.1) is 0 Å². The summed E-state index contributed by atoms with van der Waals surface area (Å²) in [6.45, 7) is 10.2. The Kier molecular flexibility index (Phi) is 8.05. The number of para-hydroxylation sites is 1. The molecule has 1 aromatic heterocycles. The largest absolute Gasteiger partial charge is 0.387 e. The number of aliphatic imine (C=N–C) groups is 1. The number of fused-ring (bicyclic) bond motifs is 1. The van der Waals surface area contributed by atoms with Crippen LogP contribution in [0.3, 0.4) is 0 Å². The Morgan fingerprint density at radius 2 is 2.07 bits per heavy atom. The summed E-state index contributed by atoms with van der Waals surface area (Å²) >= 11 is 1.65. The lowest BCUT2D eigenvalue weighted by Gasteiger charge is -2.33. The molecule has 1 fully saturated rings. The highest BCUT2D eigenvalue weighted by Gasteiger charge is 2.25. The summed E-state index contributed by atoms with van der Waals surface area (Å²) in [7, 11) is 0. The Morgan fingerprint density at radius 3 is 2.83 bits per heavy atom. The van der Waals surface area contributed by atoms with E-state index in [4.69, 9.17) is 4.74 Å². The Labute approximate surface area is 176 Å². The number of morpholine rings is 1. The first kappa shape index (κ1) is 21.8. The first-order chi connectivity index (χ1) is 14.1. The summed E-state index contributed by atoms with van der Waals surface area (Å²) in [6.07, 6.45) is 0. The van der Waals surface area contributed by atoms with Crippen molar-refractivity contribution < 1.29 is 9.84 Å². The third-order valence-electron chi connectivity index (χ3n) is 4.58. The molecule has 0 radical (unpaired) electrons. The summed E-state index contributed by atoms with van der Waals surface area (Å²) < 4.78 is 6.55. The normalized spacial score (nSPS) is 17.8. The molecule has 8 nitrogen and oxygen atoms in total. The lowest BCUT2D eigenvalue weighted by atomic mass is 10.1. The van der Waals surface area contributed by atoms with Gasteiger partial charge in [0.05, 0.1) is 35.6 Å². The van der Waals surface area contributed by atoms with Crippen molar-refractivity contribution in [3.8, 4) is 0 Å². The second-order valence-electron chi connectivity index (χ2n) is 7.42. The molecule has 1 aliphatic rings. The Balaban J connectivity index is 1.44. The van der Waals surface area contributed by atoms with Gasteiger partial charge in [0.1, 0.15) is 0 Å². The molecule has 29 heavy (non-hydrogen) atoms. The molecule has 4 N–H and O–H groups in total. The van der Waals surface area contributed by atoms with Gasteiger partial charge < -0.3 is 25.8 Å². The van der Waals surface area contributed by atoms with Gasteiger partial charge in [-0.2, -0.15) is 0 Å². The number of hydrogen-bond donors (Lipinski definition) is 4. The average molecular weight is 421 g/mol. The van der Waals surface area contributed by atoms with E-state index in [1.807, 2.05) is 32.0 Å². The van der Waals surface area contributed by atoms with Crippen LogP contribution in [0.5, 0.6) is 0 Å². The molecular formula is C20H32N6O2S. The maximum atomic E-state index is 10.7. The van der Waals surface area contributed by atoms with Crippen molar-refractivity contribution in [1.29, 1.82) is 0 Å². The fourth-order valence-electron chi connectivity index (χ4n) is 3.18. The molecule has 0 bridgehead atoms. The summed E-state index contributed by atoms with van der Waals surface area (Å²) in [6, 6.07) is 8.13. The number of thiazole rings is 1. The fraction of sp³-hybridized carbons (Fsp3) is 0.600. The van der Waals surface area contributed by atoms with E-state index in [0.29, 0.717) is 25.6 Å². The minimum absolute atomic E-state index is 0.338. The maximum absolute atomic E-state index is 10.7. The molecule has 1 saturated heterocycles. The van der Waals surface area contributed by atoms with E-state index in [1.54, 1.807) is 11.3 Å². The van der Waals surface area contributed by atoms with Crippen LogP contribution in [0.15, 0.2) is 29.3 Å². The third kappa shape index (κ3) is 7.11. The molecular weight excluding hydrogens is 388 g/mol. The summed E-state index contributed by atoms with van der Waals surface area (Å²) in [5.74, 6) is 0.709. The van der Waals surface area contributed by atoms with Crippen LogP contribution in [0, 0.1) is 0 Å². The zero-order chi connectivity index (χ0) is 20.5. The van der Waals surface area contributed by atoms with Crippen LogP contribution in [0.1, 0.15) is 13.8 Å². The van der Waals surface area contributed by atoms with Gasteiger partial charge in [-0.3, -0.25) is 9.89 Å². The molecule has 0 amide bonds. The number of aliphatic hydroxyl groups is 1. The maximum Gasteiger partial charge on any atom is 0.191 e. The molecule has 160 valence electrons. The number of rotatable bonds is 9. The van der Waals surface area contributed by atoms with Crippen molar-refractivity contribution in [3.63, 3.8) is 0 Å². The van der Waals surface area contributed by atoms with Crippen molar-refractivity contribution in [1.82, 2.24) is 20.5 Å². The third-order valence-corrected chi connectivity index (χ3v) is 5.57. The molecule has 2 aromatic rings. The van der Waals surface area contributed by atoms with Gasteiger partial charge >= 0.3 is 0 Å². The van der Waals surface area contributed by atoms with Gasteiger partial charge in [0, 0.05) is 39.3 Å². The molecule has 1 aromatic carbocycles. The minimum atomic E-state index is -0.876. The second kappa shape index (κ2) is 10.7. The summed E-state index contributed by atoms with van der Waals surface area (Å²) in [5, 5.41) is 21.5. The fourth-order valence-corrected chi connectivity index (χ4v) is 4.07. The standard InChI is InChI=1S/C20H32N6O2S/c1-3-21-18(24-14-20(2,27)15-26-10-12-28-13-11-26)22-8-9-23-19-25-16-6-4-5-7-17(16)29-19/h4-7,27H,3,8-15H2,1-2H3,(H,23,25)(H2,21,22,24). The number of hydrogen-bond acceptors (Lipinski definition) is 7. The number of aromatic nitrogens is 1. The summed E-state index contributed by atoms with van der Waals surface area (Å²) in [5.41, 5.74) is 0.143. The van der Waals surface area contributed by atoms with Gasteiger partial charge in [-0.25, -0.2) is 4.98 Å². The van der Waals surface area contributed by atoms with E-state index in [1.165, 1.54) is 4.70 Å². The molecule has 1 unspecified atom stereocenters. The number of anilines is 1. The molecule has 2 heterocycles. The highest BCUT2D eigenvalue weighted by molar-refractivity contribution is 7.22. The Bertz CT molecular complexity index is 755. The topological polar surface area (TPSA) is 94.0 Å². The van der Waals surface area contributed by atoms with Crippen molar-refractivity contribution in [3.05, 3.63) is 24.3 Å². The monoisotopic (exact) mass is 420 g/mol. The van der Waals surface area contributed by atoms with Crippen LogP contribution in [0.25, 0.3) is 10.2 Å². The molecule has 0 saturated carbocycles. The lowest BCUT2D eigenvalue weighted by molar-refractivity contribution is -0.0179. The molecule has 9 heteroatoms. The highest BCUT2D eigenvalue weighted by Crippen LogP contribution is 2.24. The number of guanidine groups is 1. The van der Waals surface area contributed by atoms with Gasteiger partial charge in [0.25, 0.3) is 0 Å². The molecule has 3 rings (SSSR count). The van der Waals surface area contributed by atoms with Gasteiger partial charge in [-0.1, -0.05) is 23.5 Å². The van der Waals surface area contributed by atoms with Crippen LogP contribution in [-0.4, -0.2) is 85.6 Å². The van der Waals surface area contributed by atoms with Gasteiger partial charge in [0.15, 0.2) is 11.1 Å². The van der Waals surface area contributed by atoms with E-state index in [2.05, 4.69) is 36.9 Å². The zero-order valence-corrected chi connectivity index (χ0v) is 18.1. The van der Waals surface area contributed by atoms with E-state index < -0.39 is 5.60 Å². The Morgan fingerprint density at radius 1 is 1.28 bits per heavy atom. The van der Waals surface area contributed by atoms with Crippen LogP contribution >= 0.6 is 11.3 Å². The van der Waals surface area contributed by atoms with E-state index in [-0.39, 0.29) is 0 Å². The van der Waals surface area contributed by atoms with Crippen LogP contribution in [-0.2, 0) is 4.74 Å². The van der Waals surface area contributed by atoms with Gasteiger partial charge in [0.2, 0.25) is 0 Å². The number of nitrogens with one attached hydrogen (secondary N) is 3. The zero-order valence-electron chi connectivity index (χ0n) is 17.3. The Hall–Kier alpha value is -1.94. The number of ether oxygens (including phenoxy) is 1. The van der Waals surface area contributed by atoms with Gasteiger partial charge in [-0.05, 0) is 26.0 Å². The minimum Gasteiger partial charge on any atom is -0.387 e. The first-order valence-corrected chi connectivity index (χ1v) is 11.0. The first-order valence-electron chi connectivity index (χ1n) is 10.2. The molecule has 0 aliphatic carbocycles. The van der Waals surface area contributed by atoms with E-state index in [9.17, 15) is 5.11 Å². The van der Waals surface area contributed by atoms with Crippen molar-refractivity contribution in [2.75, 3.05) is 64.3 Å². The summed E-state index contributed by atoms with van der Waals surface area (Å²) in [4.78, 5) is 11.4. The van der Waals surface area contributed by atoms with E-state index in [0.717, 1.165) is 50.0 Å². The van der Waals surface area contributed by atoms with Crippen molar-refractivity contribution in [2.24, 2.45) is 4.99 Å². The van der Waals surface area contributed by atoms with Crippen molar-refractivity contribution >= 4 is 32.6 Å². The number of β-amino-alcohol motifs (C(OH)–C–C–N with tert-alkyl or cyclic N) is 1. The van der Waals surface area contributed by atoms with Crippen LogP contribution in [0.2, 0.25) is 0 Å². The predicted octanol–water partition coefficient (Wildman–Crippen LogP) is 1.35. The molecule has 1 atom stereocenters. The number of benzene rings is 1. The molecule has 1 aliphatic heterocycles. The predicted molar refractivity (Wildman–Crippen MR) is 120 cm³/mol. The average Bonchev–Trinajstić information content (AvgIpc) is 3.12. The van der Waals surface area contributed by atoms with E-state index >= 15 is 0 Å². The number of nitrogens with zero attached hydrogens (tertiary/aromatic N) is 3.